The first kappa shape index (κ1) is 15.7. The quantitative estimate of drug-likeness (QED) is 0.667. The summed E-state index contributed by atoms with van der Waals surface area (Å²) in [5.41, 5.74) is 9.29. The molecule has 1 fully saturated rings. The molecule has 3 aromatic rings. The van der Waals surface area contributed by atoms with Crippen LogP contribution in [0.25, 0.3) is 11.0 Å². The van der Waals surface area contributed by atoms with Gasteiger partial charge in [0.2, 0.25) is 5.91 Å². The van der Waals surface area contributed by atoms with E-state index in [0.717, 1.165) is 22.4 Å². The van der Waals surface area contributed by atoms with E-state index in [1.165, 1.54) is 0 Å². The second-order valence-corrected chi connectivity index (χ2v) is 6.21. The summed E-state index contributed by atoms with van der Waals surface area (Å²) in [6.07, 6.45) is 4.24. The Bertz CT molecular complexity index is 891. The second kappa shape index (κ2) is 6.62. The molecule has 1 aliphatic rings. The van der Waals surface area contributed by atoms with Crippen LogP contribution in [0.5, 0.6) is 0 Å². The van der Waals surface area contributed by atoms with Crippen molar-refractivity contribution in [2.45, 2.75) is 25.0 Å². The van der Waals surface area contributed by atoms with Crippen molar-refractivity contribution < 1.29 is 4.79 Å². The van der Waals surface area contributed by atoms with E-state index in [-0.39, 0.29) is 18.0 Å². The fraction of sp³-hybridized carbons (Fsp3) is 0.278. The van der Waals surface area contributed by atoms with Gasteiger partial charge in [-0.3, -0.25) is 9.78 Å². The number of para-hydroxylation sites is 2. The minimum Gasteiger partial charge on any atom is -0.347 e. The number of amides is 1. The third-order valence-corrected chi connectivity index (χ3v) is 4.61. The molecule has 0 aliphatic carbocycles. The Labute approximate surface area is 145 Å². The average molecular weight is 336 g/mol. The van der Waals surface area contributed by atoms with E-state index < -0.39 is 0 Å². The lowest BCUT2D eigenvalue weighted by atomic mass is 10.0. The maximum absolute atomic E-state index is 12.5. The fourth-order valence-corrected chi connectivity index (χ4v) is 3.17. The highest BCUT2D eigenvalue weighted by molar-refractivity contribution is 5.82. The van der Waals surface area contributed by atoms with Crippen LogP contribution in [-0.4, -0.2) is 26.5 Å². The van der Waals surface area contributed by atoms with Gasteiger partial charge in [-0.1, -0.05) is 18.2 Å². The van der Waals surface area contributed by atoms with Gasteiger partial charge in [0.05, 0.1) is 17.6 Å². The van der Waals surface area contributed by atoms with Gasteiger partial charge in [0.25, 0.3) is 0 Å². The first-order valence-electron chi connectivity index (χ1n) is 8.31. The van der Waals surface area contributed by atoms with Gasteiger partial charge < -0.3 is 9.88 Å². The minimum absolute atomic E-state index is 0.0362. The van der Waals surface area contributed by atoms with Crippen molar-refractivity contribution in [3.05, 3.63) is 60.2 Å². The molecule has 25 heavy (non-hydrogen) atoms. The lowest BCUT2D eigenvalue weighted by molar-refractivity contribution is -0.123. The maximum Gasteiger partial charge on any atom is 0.238 e. The van der Waals surface area contributed by atoms with Crippen molar-refractivity contribution in [3.8, 4) is 0 Å². The zero-order chi connectivity index (χ0) is 17.2. The van der Waals surface area contributed by atoms with E-state index in [9.17, 15) is 4.79 Å². The summed E-state index contributed by atoms with van der Waals surface area (Å²) in [6, 6.07) is 11.7. The molecule has 2 aromatic heterocycles. The number of rotatable bonds is 4. The van der Waals surface area contributed by atoms with Crippen molar-refractivity contribution >= 4 is 16.9 Å². The topological polar surface area (TPSA) is 83.9 Å². The maximum atomic E-state index is 12.5. The molecule has 7 nitrogen and oxygen atoms in total. The Kier molecular flexibility index (Phi) is 4.17. The van der Waals surface area contributed by atoms with Gasteiger partial charge in [-0.2, -0.15) is 0 Å². The van der Waals surface area contributed by atoms with Crippen LogP contribution in [0.1, 0.15) is 23.9 Å². The van der Waals surface area contributed by atoms with Crippen LogP contribution in [0, 0.1) is 0 Å². The first-order valence-corrected chi connectivity index (χ1v) is 8.31. The standard InChI is InChI=1S/C18H20N6O/c1-24-16-7-3-2-6-13(16)21-17(24)11-20-18(25)15-9-14(22-23-15)12-5-4-8-19-10-12/h2-8,10,14-15,22-23H,9,11H2,1H3,(H,20,25). The van der Waals surface area contributed by atoms with E-state index >= 15 is 0 Å². The summed E-state index contributed by atoms with van der Waals surface area (Å²) in [6.45, 7) is 0.403. The Balaban J connectivity index is 1.38. The zero-order valence-corrected chi connectivity index (χ0v) is 13.9. The monoisotopic (exact) mass is 336 g/mol. The van der Waals surface area contributed by atoms with Crippen LogP contribution in [0.15, 0.2) is 48.8 Å². The van der Waals surface area contributed by atoms with Gasteiger partial charge in [0, 0.05) is 25.5 Å². The summed E-state index contributed by atoms with van der Waals surface area (Å²) in [7, 11) is 1.96. The van der Waals surface area contributed by atoms with Crippen LogP contribution in [0.2, 0.25) is 0 Å². The molecule has 3 N–H and O–H groups in total. The van der Waals surface area contributed by atoms with E-state index in [1.54, 1.807) is 6.20 Å². The fourth-order valence-electron chi connectivity index (χ4n) is 3.17. The highest BCUT2D eigenvalue weighted by atomic mass is 16.2. The van der Waals surface area contributed by atoms with Gasteiger partial charge in [-0.25, -0.2) is 15.8 Å². The van der Waals surface area contributed by atoms with E-state index in [0.29, 0.717) is 13.0 Å². The molecular formula is C18H20N6O. The molecule has 4 rings (SSSR count). The number of hydrogen-bond acceptors (Lipinski definition) is 5. The van der Waals surface area contributed by atoms with Crippen molar-refractivity contribution in [1.29, 1.82) is 0 Å². The Morgan fingerprint density at radius 2 is 2.16 bits per heavy atom. The molecular weight excluding hydrogens is 316 g/mol. The number of pyridine rings is 1. The summed E-state index contributed by atoms with van der Waals surface area (Å²) < 4.78 is 2.01. The number of fused-ring (bicyclic) bond motifs is 1. The van der Waals surface area contributed by atoms with Crippen LogP contribution in [0.3, 0.4) is 0 Å². The number of aromatic nitrogens is 3. The normalized spacial score (nSPS) is 20.0. The number of aryl methyl sites for hydroxylation is 1. The highest BCUT2D eigenvalue weighted by Crippen LogP contribution is 2.21. The molecule has 0 spiro atoms. The summed E-state index contributed by atoms with van der Waals surface area (Å²) in [5.74, 6) is 0.801. The van der Waals surface area contributed by atoms with Gasteiger partial charge in [-0.05, 0) is 30.2 Å². The van der Waals surface area contributed by atoms with Crippen LogP contribution >= 0.6 is 0 Å². The number of benzene rings is 1. The van der Waals surface area contributed by atoms with Gasteiger partial charge in [-0.15, -0.1) is 0 Å². The van der Waals surface area contributed by atoms with Crippen molar-refractivity contribution in [3.63, 3.8) is 0 Å². The molecule has 1 aliphatic heterocycles. The average Bonchev–Trinajstić information content (AvgIpc) is 3.26. The number of hydrogen-bond donors (Lipinski definition) is 3. The molecule has 1 amide bonds. The molecule has 128 valence electrons. The number of carbonyl (C=O) groups is 1. The molecule has 7 heteroatoms. The molecule has 2 unspecified atom stereocenters. The molecule has 2 atom stereocenters. The smallest absolute Gasteiger partial charge is 0.238 e. The molecule has 0 saturated carbocycles. The number of nitrogens with zero attached hydrogens (tertiary/aromatic N) is 3. The number of carbonyl (C=O) groups excluding carboxylic acids is 1. The SMILES string of the molecule is Cn1c(CNC(=O)C2CC(c3cccnc3)NN2)nc2ccccc21. The largest absolute Gasteiger partial charge is 0.347 e. The second-order valence-electron chi connectivity index (χ2n) is 6.21. The third kappa shape index (κ3) is 3.11. The molecule has 1 aromatic carbocycles. The highest BCUT2D eigenvalue weighted by Gasteiger charge is 2.30. The van der Waals surface area contributed by atoms with Crippen LogP contribution < -0.4 is 16.2 Å². The zero-order valence-electron chi connectivity index (χ0n) is 13.9. The van der Waals surface area contributed by atoms with Crippen LogP contribution in [0.4, 0.5) is 0 Å². The van der Waals surface area contributed by atoms with Gasteiger partial charge in [0.1, 0.15) is 11.9 Å². The predicted molar refractivity (Wildman–Crippen MR) is 94.2 cm³/mol. The Morgan fingerprint density at radius 1 is 1.28 bits per heavy atom. The lowest BCUT2D eigenvalue weighted by Crippen LogP contribution is -2.43. The van der Waals surface area contributed by atoms with E-state index in [4.69, 9.17) is 0 Å². The third-order valence-electron chi connectivity index (χ3n) is 4.61. The van der Waals surface area contributed by atoms with Crippen molar-refractivity contribution in [2.24, 2.45) is 7.05 Å². The van der Waals surface area contributed by atoms with Crippen molar-refractivity contribution in [1.82, 2.24) is 30.7 Å². The molecule has 0 bridgehead atoms. The molecule has 3 heterocycles. The predicted octanol–water partition coefficient (Wildman–Crippen LogP) is 1.19. The Hall–Kier alpha value is -2.77. The first-order chi connectivity index (χ1) is 12.2. The summed E-state index contributed by atoms with van der Waals surface area (Å²) in [5, 5.41) is 2.97. The number of nitrogens with one attached hydrogen (secondary N) is 3. The van der Waals surface area contributed by atoms with Gasteiger partial charge in [0.15, 0.2) is 0 Å². The lowest BCUT2D eigenvalue weighted by Gasteiger charge is -2.10. The minimum atomic E-state index is -0.278. The van der Waals surface area contributed by atoms with E-state index in [1.807, 2.05) is 54.2 Å². The summed E-state index contributed by atoms with van der Waals surface area (Å²) >= 11 is 0. The number of imidazole rings is 1. The summed E-state index contributed by atoms with van der Waals surface area (Å²) in [4.78, 5) is 21.2. The number of hydrazine groups is 1. The molecule has 1 saturated heterocycles. The Morgan fingerprint density at radius 3 is 2.96 bits per heavy atom. The van der Waals surface area contributed by atoms with E-state index in [2.05, 4.69) is 26.1 Å². The van der Waals surface area contributed by atoms with Crippen molar-refractivity contribution in [2.75, 3.05) is 0 Å². The molecule has 0 radical (unpaired) electrons. The van der Waals surface area contributed by atoms with Gasteiger partial charge >= 0.3 is 0 Å². The van der Waals surface area contributed by atoms with Crippen LogP contribution in [-0.2, 0) is 18.4 Å².